The lowest BCUT2D eigenvalue weighted by Crippen LogP contribution is -2.22. The fraction of sp³-hybridized carbons (Fsp3) is 0.500. The smallest absolute Gasteiger partial charge is 0.0897 e. The molecule has 1 atom stereocenters. The summed E-state index contributed by atoms with van der Waals surface area (Å²) in [6.45, 7) is 3.84. The molecular formula is C10H14N2S. The minimum Gasteiger partial charge on any atom is -0.326 e. The van der Waals surface area contributed by atoms with E-state index in [0.29, 0.717) is 0 Å². The first-order valence-electron chi connectivity index (χ1n) is 4.28. The van der Waals surface area contributed by atoms with Gasteiger partial charge >= 0.3 is 0 Å². The summed E-state index contributed by atoms with van der Waals surface area (Å²) < 4.78 is 0. The van der Waals surface area contributed by atoms with E-state index in [1.54, 1.807) is 11.3 Å². The van der Waals surface area contributed by atoms with Crippen molar-refractivity contribution in [1.29, 1.82) is 0 Å². The quantitative estimate of drug-likeness (QED) is 0.744. The van der Waals surface area contributed by atoms with Crippen molar-refractivity contribution < 1.29 is 0 Å². The standard InChI is InChI=1S/C10H14N2S/c1-3-4-5-9(11)6-10-7-13-8(2)12-10/h7,9H,5-6,11H2,1-2H3. The molecule has 13 heavy (non-hydrogen) atoms. The Morgan fingerprint density at radius 3 is 3.00 bits per heavy atom. The Labute approximate surface area is 83.2 Å². The first-order chi connectivity index (χ1) is 6.22. The largest absolute Gasteiger partial charge is 0.326 e. The topological polar surface area (TPSA) is 38.9 Å². The predicted octanol–water partition coefficient (Wildman–Crippen LogP) is 1.73. The van der Waals surface area contributed by atoms with E-state index in [1.165, 1.54) is 0 Å². The van der Waals surface area contributed by atoms with Crippen molar-refractivity contribution in [2.45, 2.75) is 32.7 Å². The molecule has 0 aromatic carbocycles. The number of aryl methyl sites for hydroxylation is 1. The van der Waals surface area contributed by atoms with Gasteiger partial charge in [0, 0.05) is 24.3 Å². The summed E-state index contributed by atoms with van der Waals surface area (Å²) in [4.78, 5) is 4.35. The molecule has 2 nitrogen and oxygen atoms in total. The summed E-state index contributed by atoms with van der Waals surface area (Å²) in [5, 5.41) is 3.16. The Morgan fingerprint density at radius 1 is 1.69 bits per heavy atom. The van der Waals surface area contributed by atoms with E-state index in [1.807, 2.05) is 13.8 Å². The van der Waals surface area contributed by atoms with Crippen molar-refractivity contribution in [3.8, 4) is 11.8 Å². The van der Waals surface area contributed by atoms with Crippen LogP contribution in [0.2, 0.25) is 0 Å². The second-order valence-electron chi connectivity index (χ2n) is 2.95. The van der Waals surface area contributed by atoms with Crippen LogP contribution in [0.25, 0.3) is 0 Å². The first-order valence-corrected chi connectivity index (χ1v) is 5.16. The summed E-state index contributed by atoms with van der Waals surface area (Å²) in [6, 6.07) is 0.119. The number of nitrogens with two attached hydrogens (primary N) is 1. The van der Waals surface area contributed by atoms with Gasteiger partial charge in [-0.15, -0.1) is 23.2 Å². The minimum atomic E-state index is 0.119. The van der Waals surface area contributed by atoms with Gasteiger partial charge in [-0.25, -0.2) is 4.98 Å². The Hall–Kier alpha value is -0.850. The van der Waals surface area contributed by atoms with Crippen molar-refractivity contribution in [2.75, 3.05) is 0 Å². The zero-order valence-electron chi connectivity index (χ0n) is 8.00. The molecule has 0 aliphatic carbocycles. The summed E-state index contributed by atoms with van der Waals surface area (Å²) in [6.07, 6.45) is 1.59. The third-order valence-corrected chi connectivity index (χ3v) is 2.50. The third kappa shape index (κ3) is 3.58. The Bertz CT molecular complexity index is 319. The van der Waals surface area contributed by atoms with E-state index in [0.717, 1.165) is 23.5 Å². The van der Waals surface area contributed by atoms with Gasteiger partial charge in [0.1, 0.15) is 0 Å². The molecule has 3 heteroatoms. The van der Waals surface area contributed by atoms with Crippen LogP contribution in [-0.2, 0) is 6.42 Å². The molecule has 0 fully saturated rings. The first kappa shape index (κ1) is 10.2. The molecule has 0 aliphatic heterocycles. The molecular weight excluding hydrogens is 180 g/mol. The van der Waals surface area contributed by atoms with Crippen LogP contribution in [-0.4, -0.2) is 11.0 Å². The van der Waals surface area contributed by atoms with Crippen molar-refractivity contribution in [3.63, 3.8) is 0 Å². The van der Waals surface area contributed by atoms with Gasteiger partial charge in [0.25, 0.3) is 0 Å². The Morgan fingerprint density at radius 2 is 2.46 bits per heavy atom. The van der Waals surface area contributed by atoms with Gasteiger partial charge in [-0.05, 0) is 13.8 Å². The highest BCUT2D eigenvalue weighted by Crippen LogP contribution is 2.09. The van der Waals surface area contributed by atoms with E-state index < -0.39 is 0 Å². The molecule has 0 saturated carbocycles. The summed E-state index contributed by atoms with van der Waals surface area (Å²) >= 11 is 1.67. The number of nitrogens with zero attached hydrogens (tertiary/aromatic N) is 1. The van der Waals surface area contributed by atoms with Gasteiger partial charge in [-0.1, -0.05) is 0 Å². The van der Waals surface area contributed by atoms with Crippen LogP contribution in [0.1, 0.15) is 24.0 Å². The minimum absolute atomic E-state index is 0.119. The zero-order chi connectivity index (χ0) is 9.68. The van der Waals surface area contributed by atoms with Gasteiger partial charge < -0.3 is 5.73 Å². The fourth-order valence-corrected chi connectivity index (χ4v) is 1.70. The normalized spacial score (nSPS) is 11.9. The Kier molecular flexibility index (Phi) is 3.94. The highest BCUT2D eigenvalue weighted by Gasteiger charge is 2.04. The molecule has 0 spiro atoms. The summed E-state index contributed by atoms with van der Waals surface area (Å²) in [5.41, 5.74) is 6.95. The molecule has 1 heterocycles. The molecule has 0 bridgehead atoms. The second kappa shape index (κ2) is 5.00. The van der Waals surface area contributed by atoms with Gasteiger partial charge in [-0.2, -0.15) is 0 Å². The number of rotatable bonds is 3. The van der Waals surface area contributed by atoms with Crippen molar-refractivity contribution in [2.24, 2.45) is 5.73 Å². The SMILES string of the molecule is CC#CCC(N)Cc1csc(C)n1. The van der Waals surface area contributed by atoms with Crippen LogP contribution in [0.4, 0.5) is 0 Å². The maximum absolute atomic E-state index is 5.86. The highest BCUT2D eigenvalue weighted by atomic mass is 32.1. The molecule has 0 aliphatic rings. The number of thiazole rings is 1. The average molecular weight is 194 g/mol. The second-order valence-corrected chi connectivity index (χ2v) is 4.02. The molecule has 2 N–H and O–H groups in total. The van der Waals surface area contributed by atoms with Crippen LogP contribution in [0, 0.1) is 18.8 Å². The molecule has 1 rings (SSSR count). The lowest BCUT2D eigenvalue weighted by molar-refractivity contribution is 0.678. The summed E-state index contributed by atoms with van der Waals surface area (Å²) in [7, 11) is 0. The van der Waals surface area contributed by atoms with Crippen LogP contribution < -0.4 is 5.73 Å². The fourth-order valence-electron chi connectivity index (χ4n) is 1.08. The van der Waals surface area contributed by atoms with Gasteiger partial charge in [0.05, 0.1) is 10.7 Å². The van der Waals surface area contributed by atoms with E-state index in [9.17, 15) is 0 Å². The van der Waals surface area contributed by atoms with E-state index >= 15 is 0 Å². The lowest BCUT2D eigenvalue weighted by Gasteiger charge is -2.04. The molecule has 0 saturated heterocycles. The van der Waals surface area contributed by atoms with Crippen molar-refractivity contribution in [1.82, 2.24) is 4.98 Å². The average Bonchev–Trinajstić information content (AvgIpc) is 2.48. The molecule has 70 valence electrons. The lowest BCUT2D eigenvalue weighted by atomic mass is 10.1. The van der Waals surface area contributed by atoms with E-state index in [2.05, 4.69) is 22.2 Å². The zero-order valence-corrected chi connectivity index (χ0v) is 8.82. The van der Waals surface area contributed by atoms with Crippen LogP contribution >= 0.6 is 11.3 Å². The monoisotopic (exact) mass is 194 g/mol. The number of hydrogen-bond donors (Lipinski definition) is 1. The van der Waals surface area contributed by atoms with Crippen molar-refractivity contribution in [3.05, 3.63) is 16.1 Å². The van der Waals surface area contributed by atoms with Crippen LogP contribution in [0.3, 0.4) is 0 Å². The van der Waals surface area contributed by atoms with E-state index in [4.69, 9.17) is 5.73 Å². The van der Waals surface area contributed by atoms with Gasteiger partial charge in [-0.3, -0.25) is 0 Å². The summed E-state index contributed by atoms with van der Waals surface area (Å²) in [5.74, 6) is 5.82. The molecule has 0 radical (unpaired) electrons. The molecule has 1 aromatic rings. The van der Waals surface area contributed by atoms with Gasteiger partial charge in [0.15, 0.2) is 0 Å². The van der Waals surface area contributed by atoms with Crippen LogP contribution in [0.15, 0.2) is 5.38 Å². The van der Waals surface area contributed by atoms with Crippen molar-refractivity contribution >= 4 is 11.3 Å². The molecule has 1 unspecified atom stereocenters. The third-order valence-electron chi connectivity index (χ3n) is 1.68. The maximum atomic E-state index is 5.86. The number of aromatic nitrogens is 1. The Balaban J connectivity index is 2.43. The molecule has 0 amide bonds. The highest BCUT2D eigenvalue weighted by molar-refractivity contribution is 7.09. The number of hydrogen-bond acceptors (Lipinski definition) is 3. The van der Waals surface area contributed by atoms with E-state index in [-0.39, 0.29) is 6.04 Å². The predicted molar refractivity (Wildman–Crippen MR) is 56.6 cm³/mol. The maximum Gasteiger partial charge on any atom is 0.0897 e. The van der Waals surface area contributed by atoms with Crippen LogP contribution in [0.5, 0.6) is 0 Å². The molecule has 1 aromatic heterocycles. The van der Waals surface area contributed by atoms with Gasteiger partial charge in [0.2, 0.25) is 0 Å².